The van der Waals surface area contributed by atoms with Crippen LogP contribution in [0.25, 0.3) is 0 Å². The molecule has 1 rings (SSSR count). The van der Waals surface area contributed by atoms with Crippen LogP contribution < -0.4 is 5.32 Å². The van der Waals surface area contributed by atoms with Crippen LogP contribution in [0.3, 0.4) is 0 Å². The number of nitrogens with one attached hydrogen (secondary N) is 1. The van der Waals surface area contributed by atoms with Gasteiger partial charge in [0.05, 0.1) is 0 Å². The van der Waals surface area contributed by atoms with Gasteiger partial charge in [0.25, 0.3) is 0 Å². The van der Waals surface area contributed by atoms with Crippen molar-refractivity contribution in [1.29, 1.82) is 0 Å². The summed E-state index contributed by atoms with van der Waals surface area (Å²) in [6.45, 7) is 7.97. The molecule has 0 spiro atoms. The van der Waals surface area contributed by atoms with Gasteiger partial charge in [-0.1, -0.05) is 101 Å². The second-order valence-electron chi connectivity index (χ2n) is 7.45. The Morgan fingerprint density at radius 3 is 1.67 bits per heavy atom. The minimum atomic E-state index is 0. The fourth-order valence-corrected chi connectivity index (χ4v) is 3.15. The Balaban J connectivity index is 0.00000529. The van der Waals surface area contributed by atoms with E-state index in [1.165, 1.54) is 76.2 Å². The predicted molar refractivity (Wildman–Crippen MR) is 114 cm³/mol. The third-order valence-corrected chi connectivity index (χ3v) is 4.84. The second-order valence-corrected chi connectivity index (χ2v) is 7.45. The standard InChI is InChI=1S/C22H39N.BrH/c1-4-5-6-7-8-9-10-11-12-13-17-20-23-22(2,3)21-18-15-14-16-19-21;/h14-16,18-19,23H,4-13,17,20H2,1-3H3;1H. The minimum Gasteiger partial charge on any atom is -0.308 e. The van der Waals surface area contributed by atoms with Gasteiger partial charge in [-0.3, -0.25) is 0 Å². The number of hydrogen-bond donors (Lipinski definition) is 1. The fraction of sp³-hybridized carbons (Fsp3) is 0.727. The highest BCUT2D eigenvalue weighted by molar-refractivity contribution is 8.93. The van der Waals surface area contributed by atoms with Crippen molar-refractivity contribution in [3.05, 3.63) is 35.9 Å². The quantitative estimate of drug-likeness (QED) is 0.322. The molecule has 0 radical (unpaired) electrons. The molecule has 0 bridgehead atoms. The van der Waals surface area contributed by atoms with E-state index in [0.717, 1.165) is 6.54 Å². The first-order chi connectivity index (χ1) is 11.2. The van der Waals surface area contributed by atoms with Crippen molar-refractivity contribution < 1.29 is 0 Å². The van der Waals surface area contributed by atoms with Gasteiger partial charge in [0.1, 0.15) is 0 Å². The molecular formula is C22H40BrN. The van der Waals surface area contributed by atoms with Gasteiger partial charge in [0, 0.05) is 5.54 Å². The van der Waals surface area contributed by atoms with Crippen LogP contribution in [0.4, 0.5) is 0 Å². The van der Waals surface area contributed by atoms with Crippen LogP contribution in [0.2, 0.25) is 0 Å². The normalized spacial score (nSPS) is 11.3. The number of rotatable bonds is 14. The van der Waals surface area contributed by atoms with Gasteiger partial charge in [-0.25, -0.2) is 0 Å². The summed E-state index contributed by atoms with van der Waals surface area (Å²) in [5.74, 6) is 0. The molecule has 0 aromatic heterocycles. The van der Waals surface area contributed by atoms with E-state index in [2.05, 4.69) is 56.4 Å². The van der Waals surface area contributed by atoms with Crippen molar-refractivity contribution in [1.82, 2.24) is 5.32 Å². The van der Waals surface area contributed by atoms with Crippen molar-refractivity contribution in [2.45, 2.75) is 96.9 Å². The molecular weight excluding hydrogens is 358 g/mol. The van der Waals surface area contributed by atoms with E-state index in [-0.39, 0.29) is 22.5 Å². The maximum absolute atomic E-state index is 3.71. The Bertz CT molecular complexity index is 375. The first-order valence-electron chi connectivity index (χ1n) is 9.97. The van der Waals surface area contributed by atoms with Crippen molar-refractivity contribution in [2.24, 2.45) is 0 Å². The average Bonchev–Trinajstić information content (AvgIpc) is 2.56. The highest BCUT2D eigenvalue weighted by Crippen LogP contribution is 2.19. The molecule has 1 N–H and O–H groups in total. The lowest BCUT2D eigenvalue weighted by Crippen LogP contribution is -2.37. The summed E-state index contributed by atoms with van der Waals surface area (Å²) < 4.78 is 0. The smallest absolute Gasteiger partial charge is 0.0377 e. The summed E-state index contributed by atoms with van der Waals surface area (Å²) >= 11 is 0. The van der Waals surface area contributed by atoms with Gasteiger partial charge < -0.3 is 5.32 Å². The van der Waals surface area contributed by atoms with Crippen LogP contribution in [-0.2, 0) is 5.54 Å². The minimum absolute atomic E-state index is 0. The summed E-state index contributed by atoms with van der Waals surface area (Å²) in [7, 11) is 0. The number of unbranched alkanes of at least 4 members (excludes halogenated alkanes) is 10. The Morgan fingerprint density at radius 1 is 0.708 bits per heavy atom. The predicted octanol–water partition coefficient (Wildman–Crippen LogP) is 7.40. The van der Waals surface area contributed by atoms with Crippen LogP contribution in [-0.4, -0.2) is 6.54 Å². The molecule has 24 heavy (non-hydrogen) atoms. The summed E-state index contributed by atoms with van der Waals surface area (Å²) in [6, 6.07) is 10.8. The monoisotopic (exact) mass is 397 g/mol. The van der Waals surface area contributed by atoms with Gasteiger partial charge in [0.2, 0.25) is 0 Å². The zero-order valence-electron chi connectivity index (χ0n) is 16.3. The number of hydrogen-bond acceptors (Lipinski definition) is 1. The lowest BCUT2D eigenvalue weighted by atomic mass is 9.94. The lowest BCUT2D eigenvalue weighted by Gasteiger charge is -2.27. The summed E-state index contributed by atoms with van der Waals surface area (Å²) in [5, 5.41) is 3.71. The van der Waals surface area contributed by atoms with Crippen LogP contribution in [0, 0.1) is 0 Å². The molecule has 1 aromatic rings. The Kier molecular flexibility index (Phi) is 14.7. The van der Waals surface area contributed by atoms with Gasteiger partial charge in [0.15, 0.2) is 0 Å². The molecule has 0 heterocycles. The number of halogens is 1. The topological polar surface area (TPSA) is 12.0 Å². The first kappa shape index (κ1) is 23.7. The maximum Gasteiger partial charge on any atom is 0.0377 e. The zero-order valence-corrected chi connectivity index (χ0v) is 18.0. The molecule has 0 atom stereocenters. The van der Waals surface area contributed by atoms with E-state index < -0.39 is 0 Å². The summed E-state index contributed by atoms with van der Waals surface area (Å²) in [5.41, 5.74) is 1.46. The second kappa shape index (κ2) is 15.0. The van der Waals surface area contributed by atoms with E-state index in [0.29, 0.717) is 0 Å². The van der Waals surface area contributed by atoms with Crippen LogP contribution in [0.5, 0.6) is 0 Å². The molecule has 0 aliphatic heterocycles. The van der Waals surface area contributed by atoms with Gasteiger partial charge >= 0.3 is 0 Å². The van der Waals surface area contributed by atoms with E-state index in [1.807, 2.05) is 0 Å². The molecule has 0 aliphatic rings. The molecule has 0 aliphatic carbocycles. The molecule has 0 saturated heterocycles. The van der Waals surface area contributed by atoms with Crippen molar-refractivity contribution in [3.8, 4) is 0 Å². The van der Waals surface area contributed by atoms with Crippen LogP contribution in [0.15, 0.2) is 30.3 Å². The fourth-order valence-electron chi connectivity index (χ4n) is 3.15. The Morgan fingerprint density at radius 2 is 1.17 bits per heavy atom. The Hall–Kier alpha value is -0.340. The highest BCUT2D eigenvalue weighted by Gasteiger charge is 2.18. The summed E-state index contributed by atoms with van der Waals surface area (Å²) in [4.78, 5) is 0. The third-order valence-electron chi connectivity index (χ3n) is 4.84. The van der Waals surface area contributed by atoms with E-state index in [9.17, 15) is 0 Å². The van der Waals surface area contributed by atoms with Gasteiger partial charge in [-0.2, -0.15) is 0 Å². The maximum atomic E-state index is 3.71. The molecule has 2 heteroatoms. The molecule has 1 aromatic carbocycles. The third kappa shape index (κ3) is 11.3. The highest BCUT2D eigenvalue weighted by atomic mass is 79.9. The van der Waals surface area contributed by atoms with E-state index in [4.69, 9.17) is 0 Å². The van der Waals surface area contributed by atoms with Crippen molar-refractivity contribution >= 4 is 17.0 Å². The van der Waals surface area contributed by atoms with Crippen LogP contribution in [0.1, 0.15) is 97.0 Å². The molecule has 1 nitrogen and oxygen atoms in total. The van der Waals surface area contributed by atoms with Crippen molar-refractivity contribution in [3.63, 3.8) is 0 Å². The van der Waals surface area contributed by atoms with Crippen LogP contribution >= 0.6 is 17.0 Å². The average molecular weight is 398 g/mol. The van der Waals surface area contributed by atoms with Gasteiger partial charge in [-0.15, -0.1) is 17.0 Å². The molecule has 0 unspecified atom stereocenters. The first-order valence-corrected chi connectivity index (χ1v) is 9.97. The lowest BCUT2D eigenvalue weighted by molar-refractivity contribution is 0.394. The molecule has 140 valence electrons. The summed E-state index contributed by atoms with van der Waals surface area (Å²) in [6.07, 6.45) is 15.5. The van der Waals surface area contributed by atoms with Gasteiger partial charge in [-0.05, 0) is 32.4 Å². The molecule has 0 fully saturated rings. The molecule has 0 saturated carbocycles. The SMILES string of the molecule is Br.CCCCCCCCCCCCCNC(C)(C)c1ccccc1. The molecule has 0 amide bonds. The Labute approximate surface area is 161 Å². The van der Waals surface area contributed by atoms with E-state index >= 15 is 0 Å². The number of benzene rings is 1. The zero-order chi connectivity index (χ0) is 16.8. The largest absolute Gasteiger partial charge is 0.308 e. The van der Waals surface area contributed by atoms with E-state index in [1.54, 1.807) is 0 Å². The van der Waals surface area contributed by atoms with Crippen molar-refractivity contribution in [2.75, 3.05) is 6.54 Å².